The van der Waals surface area contributed by atoms with Gasteiger partial charge < -0.3 is 5.41 Å². The molecular weight excluding hydrogens is 240 g/mol. The van der Waals surface area contributed by atoms with Crippen LogP contribution in [0.2, 0.25) is 0 Å². The fourth-order valence-corrected chi connectivity index (χ4v) is 3.04. The first-order valence-electron chi connectivity index (χ1n) is 6.27. The van der Waals surface area contributed by atoms with Crippen molar-refractivity contribution < 1.29 is 0 Å². The number of dihydropyridines is 1. The van der Waals surface area contributed by atoms with Gasteiger partial charge >= 0.3 is 0 Å². The van der Waals surface area contributed by atoms with Crippen molar-refractivity contribution in [2.24, 2.45) is 4.99 Å². The van der Waals surface area contributed by atoms with Crippen molar-refractivity contribution in [1.29, 1.82) is 5.41 Å². The van der Waals surface area contributed by atoms with E-state index in [0.29, 0.717) is 5.71 Å². The average Bonchev–Trinajstić information content (AvgIpc) is 2.36. The van der Waals surface area contributed by atoms with Crippen LogP contribution in [0, 0.1) is 5.41 Å². The SMILES string of the molecule is CCC1(C)N=C2C(SC)=CC(=N)C=C2C(C)=C1C. The first kappa shape index (κ1) is 13.3. The van der Waals surface area contributed by atoms with Crippen molar-refractivity contribution in [1.82, 2.24) is 0 Å². The van der Waals surface area contributed by atoms with E-state index >= 15 is 0 Å². The number of rotatable bonds is 2. The Labute approximate surface area is 113 Å². The smallest absolute Gasteiger partial charge is 0.0797 e. The van der Waals surface area contributed by atoms with Crippen LogP contribution in [0.15, 0.2) is 38.8 Å². The van der Waals surface area contributed by atoms with E-state index in [4.69, 9.17) is 10.4 Å². The summed E-state index contributed by atoms with van der Waals surface area (Å²) < 4.78 is 0. The number of nitrogens with one attached hydrogen (secondary N) is 1. The minimum Gasteiger partial charge on any atom is -0.301 e. The van der Waals surface area contributed by atoms with E-state index in [0.717, 1.165) is 22.6 Å². The van der Waals surface area contributed by atoms with Gasteiger partial charge in [0, 0.05) is 10.5 Å². The van der Waals surface area contributed by atoms with Crippen molar-refractivity contribution in [3.05, 3.63) is 33.8 Å². The predicted octanol–water partition coefficient (Wildman–Crippen LogP) is 4.15. The molecule has 0 radical (unpaired) electrons. The molecule has 1 aliphatic heterocycles. The molecule has 2 aliphatic rings. The fourth-order valence-electron chi connectivity index (χ4n) is 2.45. The number of nitrogens with zero attached hydrogens (tertiary/aromatic N) is 1. The second-order valence-electron chi connectivity index (χ2n) is 5.06. The maximum Gasteiger partial charge on any atom is 0.0797 e. The molecule has 2 rings (SSSR count). The highest BCUT2D eigenvalue weighted by Gasteiger charge is 2.34. The lowest BCUT2D eigenvalue weighted by atomic mass is 9.79. The molecule has 0 fully saturated rings. The van der Waals surface area contributed by atoms with E-state index < -0.39 is 0 Å². The lowest BCUT2D eigenvalue weighted by Crippen LogP contribution is -2.32. The number of allylic oxidation sites excluding steroid dienone is 5. The molecule has 0 aromatic heterocycles. The number of aliphatic imine (C=N–C) groups is 1. The molecule has 3 heteroatoms. The molecule has 0 saturated carbocycles. The van der Waals surface area contributed by atoms with Crippen LogP contribution in [0.1, 0.15) is 34.1 Å². The van der Waals surface area contributed by atoms with Crippen LogP contribution in [0.4, 0.5) is 0 Å². The second kappa shape index (κ2) is 4.54. The molecule has 1 N–H and O–H groups in total. The molecule has 2 nitrogen and oxygen atoms in total. The Balaban J connectivity index is 2.63. The lowest BCUT2D eigenvalue weighted by Gasteiger charge is -2.35. The standard InChI is InChI=1S/C15H20N2S/c1-6-15(4)10(3)9(2)12-7-11(16)8-13(18-5)14(12)17-15/h7-8,16H,6H2,1-5H3. The molecule has 0 aromatic rings. The van der Waals surface area contributed by atoms with Crippen LogP contribution in [-0.2, 0) is 0 Å². The highest BCUT2D eigenvalue weighted by molar-refractivity contribution is 8.03. The summed E-state index contributed by atoms with van der Waals surface area (Å²) in [5, 5.41) is 7.90. The van der Waals surface area contributed by atoms with Crippen molar-refractivity contribution in [2.75, 3.05) is 6.26 Å². The first-order valence-corrected chi connectivity index (χ1v) is 7.50. The Morgan fingerprint density at radius 1 is 1.33 bits per heavy atom. The minimum absolute atomic E-state index is 0.0922. The Hall–Kier alpha value is -1.09. The van der Waals surface area contributed by atoms with E-state index in [1.165, 1.54) is 11.1 Å². The summed E-state index contributed by atoms with van der Waals surface area (Å²) in [6.45, 7) is 8.71. The van der Waals surface area contributed by atoms with E-state index in [-0.39, 0.29) is 5.54 Å². The number of hydrogen-bond acceptors (Lipinski definition) is 3. The molecule has 1 atom stereocenters. The second-order valence-corrected chi connectivity index (χ2v) is 5.91. The summed E-state index contributed by atoms with van der Waals surface area (Å²) in [7, 11) is 0. The van der Waals surface area contributed by atoms with Crippen molar-refractivity contribution in [3.8, 4) is 0 Å². The zero-order valence-corrected chi connectivity index (χ0v) is 12.5. The minimum atomic E-state index is -0.0922. The monoisotopic (exact) mass is 260 g/mol. The molecule has 0 aromatic carbocycles. The van der Waals surface area contributed by atoms with Crippen LogP contribution < -0.4 is 0 Å². The van der Waals surface area contributed by atoms with Gasteiger partial charge in [-0.05, 0) is 56.7 Å². The van der Waals surface area contributed by atoms with E-state index in [2.05, 4.69) is 27.7 Å². The molecule has 0 spiro atoms. The number of thioether (sulfide) groups is 1. The third kappa shape index (κ3) is 1.91. The third-order valence-electron chi connectivity index (χ3n) is 4.12. The molecule has 0 saturated heterocycles. The lowest BCUT2D eigenvalue weighted by molar-refractivity contribution is 0.526. The predicted molar refractivity (Wildman–Crippen MR) is 81.9 cm³/mol. The third-order valence-corrected chi connectivity index (χ3v) is 4.87. The van der Waals surface area contributed by atoms with Gasteiger partial charge in [0.1, 0.15) is 0 Å². The van der Waals surface area contributed by atoms with Gasteiger partial charge in [-0.3, -0.25) is 4.99 Å². The summed E-state index contributed by atoms with van der Waals surface area (Å²) in [5.74, 6) is 0. The van der Waals surface area contributed by atoms with Crippen LogP contribution in [0.3, 0.4) is 0 Å². The van der Waals surface area contributed by atoms with E-state index in [1.807, 2.05) is 18.4 Å². The maximum atomic E-state index is 7.90. The Morgan fingerprint density at radius 2 is 2.00 bits per heavy atom. The van der Waals surface area contributed by atoms with Crippen LogP contribution in [-0.4, -0.2) is 23.2 Å². The van der Waals surface area contributed by atoms with Crippen LogP contribution in [0.25, 0.3) is 0 Å². The highest BCUT2D eigenvalue weighted by atomic mass is 32.2. The zero-order valence-electron chi connectivity index (χ0n) is 11.7. The van der Waals surface area contributed by atoms with Crippen molar-refractivity contribution in [2.45, 2.75) is 39.7 Å². The van der Waals surface area contributed by atoms with Gasteiger partial charge in [-0.2, -0.15) is 0 Å². The topological polar surface area (TPSA) is 36.2 Å². The average molecular weight is 260 g/mol. The Morgan fingerprint density at radius 3 is 2.56 bits per heavy atom. The number of hydrogen-bond donors (Lipinski definition) is 1. The zero-order chi connectivity index (χ0) is 13.5. The molecule has 1 heterocycles. The molecule has 1 aliphatic carbocycles. The van der Waals surface area contributed by atoms with Gasteiger partial charge in [0.25, 0.3) is 0 Å². The molecule has 18 heavy (non-hydrogen) atoms. The maximum absolute atomic E-state index is 7.90. The van der Waals surface area contributed by atoms with Gasteiger partial charge in [0.2, 0.25) is 0 Å². The Bertz CT molecular complexity index is 535. The van der Waals surface area contributed by atoms with Crippen molar-refractivity contribution >= 4 is 23.2 Å². The first-order chi connectivity index (χ1) is 8.42. The van der Waals surface area contributed by atoms with Crippen molar-refractivity contribution in [3.63, 3.8) is 0 Å². The van der Waals surface area contributed by atoms with Gasteiger partial charge in [-0.15, -0.1) is 11.8 Å². The summed E-state index contributed by atoms with van der Waals surface area (Å²) in [5.41, 5.74) is 5.30. The quantitative estimate of drug-likeness (QED) is 0.744. The summed E-state index contributed by atoms with van der Waals surface area (Å²) in [6.07, 6.45) is 6.91. The number of fused-ring (bicyclic) bond motifs is 1. The molecule has 96 valence electrons. The summed E-state index contributed by atoms with van der Waals surface area (Å²) >= 11 is 1.68. The van der Waals surface area contributed by atoms with Crippen LogP contribution >= 0.6 is 11.8 Å². The van der Waals surface area contributed by atoms with E-state index in [1.54, 1.807) is 11.8 Å². The van der Waals surface area contributed by atoms with Gasteiger partial charge in [0.15, 0.2) is 0 Å². The van der Waals surface area contributed by atoms with Gasteiger partial charge in [-0.1, -0.05) is 6.92 Å². The molecule has 1 unspecified atom stereocenters. The molecule has 0 amide bonds. The summed E-state index contributed by atoms with van der Waals surface area (Å²) in [4.78, 5) is 6.09. The molecule has 0 bridgehead atoms. The Kier molecular flexibility index (Phi) is 3.37. The summed E-state index contributed by atoms with van der Waals surface area (Å²) in [6, 6.07) is 0. The van der Waals surface area contributed by atoms with Gasteiger partial charge in [0.05, 0.1) is 17.0 Å². The largest absolute Gasteiger partial charge is 0.301 e. The van der Waals surface area contributed by atoms with Gasteiger partial charge in [-0.25, -0.2) is 0 Å². The van der Waals surface area contributed by atoms with Crippen LogP contribution in [0.5, 0.6) is 0 Å². The highest BCUT2D eigenvalue weighted by Crippen LogP contribution is 2.39. The fraction of sp³-hybridized carbons (Fsp3) is 0.467. The normalized spacial score (nSPS) is 27.6. The molecular formula is C15H20N2S. The van der Waals surface area contributed by atoms with E-state index in [9.17, 15) is 0 Å².